The lowest BCUT2D eigenvalue weighted by Gasteiger charge is -2.35. The van der Waals surface area contributed by atoms with Gasteiger partial charge in [0.1, 0.15) is 19.3 Å². The summed E-state index contributed by atoms with van der Waals surface area (Å²) in [5, 5.41) is 6.19. The second-order valence-electron chi connectivity index (χ2n) is 11.8. The summed E-state index contributed by atoms with van der Waals surface area (Å²) in [6, 6.07) is 7.98. The van der Waals surface area contributed by atoms with Crippen molar-refractivity contribution in [3.63, 3.8) is 0 Å². The first-order chi connectivity index (χ1) is 20.6. The first kappa shape index (κ1) is 34.6. The van der Waals surface area contributed by atoms with Crippen molar-refractivity contribution in [3.05, 3.63) is 35.4 Å². The van der Waals surface area contributed by atoms with Crippen molar-refractivity contribution < 1.29 is 28.6 Å². The minimum Gasteiger partial charge on any atom is -0.377 e. The van der Waals surface area contributed by atoms with Crippen molar-refractivity contribution in [2.75, 3.05) is 52.7 Å². The van der Waals surface area contributed by atoms with E-state index in [1.807, 2.05) is 38.5 Å². The first-order valence-corrected chi connectivity index (χ1v) is 15.8. The molecule has 4 atom stereocenters. The number of nitrogens with one attached hydrogen (secondary N) is 2. The predicted molar refractivity (Wildman–Crippen MR) is 169 cm³/mol. The van der Waals surface area contributed by atoms with Gasteiger partial charge in [0, 0.05) is 19.6 Å². The zero-order valence-corrected chi connectivity index (χ0v) is 26.6. The number of aliphatic imine (C=N–C) groups is 1. The molecule has 11 heteroatoms. The lowest BCUT2D eigenvalue weighted by molar-refractivity contribution is -0.144. The molecule has 1 fully saturated rings. The third-order valence-electron chi connectivity index (χ3n) is 7.56. The number of hydrogen-bond donors (Lipinski definition) is 2. The monoisotopic (exact) mass is 614 g/mol. The number of amides is 3. The van der Waals surface area contributed by atoms with E-state index in [-0.39, 0.29) is 50.1 Å². The van der Waals surface area contributed by atoms with Crippen LogP contribution in [0.1, 0.15) is 56.9 Å². The summed E-state index contributed by atoms with van der Waals surface area (Å²) in [5.41, 5.74) is 3.71. The Balaban J connectivity index is 1.44. The van der Waals surface area contributed by atoms with Crippen molar-refractivity contribution in [2.24, 2.45) is 16.3 Å². The van der Waals surface area contributed by atoms with E-state index in [1.165, 1.54) is 5.56 Å². The molecule has 2 unspecified atom stereocenters. The summed E-state index contributed by atoms with van der Waals surface area (Å²) in [6.45, 7) is 10.6. The summed E-state index contributed by atoms with van der Waals surface area (Å²) >= 11 is 1.72. The Labute approximate surface area is 260 Å². The van der Waals surface area contributed by atoms with Gasteiger partial charge in [0.25, 0.3) is 0 Å². The SMILES string of the molecule is C#CCOCCOCCOCC(=O)NC[C@H](C(=O)N1CCC[C@H]1C(=O)NCc1ccc(C2SC=NC2C)cc1)C(C)(C)C. The van der Waals surface area contributed by atoms with Gasteiger partial charge in [-0.15, -0.1) is 18.2 Å². The molecule has 0 spiro atoms. The third kappa shape index (κ3) is 10.9. The first-order valence-electron chi connectivity index (χ1n) is 14.9. The van der Waals surface area contributed by atoms with Crippen molar-refractivity contribution in [3.8, 4) is 12.3 Å². The van der Waals surface area contributed by atoms with Crippen molar-refractivity contribution in [1.82, 2.24) is 15.5 Å². The van der Waals surface area contributed by atoms with Crippen LogP contribution in [-0.2, 0) is 35.1 Å². The number of hydrogen-bond acceptors (Lipinski definition) is 8. The summed E-state index contributed by atoms with van der Waals surface area (Å²) in [7, 11) is 0. The number of thioether (sulfide) groups is 1. The fourth-order valence-electron chi connectivity index (χ4n) is 5.05. The Kier molecular flexibility index (Phi) is 14.0. The Morgan fingerprint density at radius 2 is 1.79 bits per heavy atom. The van der Waals surface area contributed by atoms with E-state index < -0.39 is 17.4 Å². The van der Waals surface area contributed by atoms with Gasteiger partial charge >= 0.3 is 0 Å². The quantitative estimate of drug-likeness (QED) is 0.217. The summed E-state index contributed by atoms with van der Waals surface area (Å²) in [5.74, 6) is 1.29. The van der Waals surface area contributed by atoms with Crippen LogP contribution in [0.2, 0.25) is 0 Å². The predicted octanol–water partition coefficient (Wildman–Crippen LogP) is 2.96. The number of terminal acetylenes is 1. The summed E-state index contributed by atoms with van der Waals surface area (Å²) in [6.07, 6.45) is 6.48. The molecule has 1 aromatic carbocycles. The molecule has 0 aliphatic carbocycles. The molecule has 2 aliphatic heterocycles. The zero-order chi connectivity index (χ0) is 31.2. The van der Waals surface area contributed by atoms with Crippen LogP contribution in [0.15, 0.2) is 29.3 Å². The molecule has 1 saturated heterocycles. The average molecular weight is 615 g/mol. The lowest BCUT2D eigenvalue weighted by Crippen LogP contribution is -2.52. The largest absolute Gasteiger partial charge is 0.377 e. The molecule has 2 aliphatic rings. The minimum absolute atomic E-state index is 0.124. The molecule has 2 N–H and O–H groups in total. The van der Waals surface area contributed by atoms with Gasteiger partial charge in [0.15, 0.2) is 0 Å². The molecule has 0 saturated carbocycles. The molecule has 3 rings (SSSR count). The summed E-state index contributed by atoms with van der Waals surface area (Å²) < 4.78 is 15.9. The van der Waals surface area contributed by atoms with Crippen LogP contribution in [0, 0.1) is 23.7 Å². The summed E-state index contributed by atoms with van der Waals surface area (Å²) in [4.78, 5) is 45.5. The highest BCUT2D eigenvalue weighted by Gasteiger charge is 2.41. The molecule has 2 heterocycles. The second kappa shape index (κ2) is 17.4. The van der Waals surface area contributed by atoms with Crippen molar-refractivity contribution in [1.29, 1.82) is 0 Å². The third-order valence-corrected chi connectivity index (χ3v) is 8.77. The highest BCUT2D eigenvalue weighted by Crippen LogP contribution is 2.36. The maximum atomic E-state index is 13.7. The van der Waals surface area contributed by atoms with Crippen molar-refractivity contribution in [2.45, 2.75) is 64.4 Å². The standard InChI is InChI=1S/C32H46N4O6S/c1-6-14-40-15-16-41-17-18-42-21-28(37)33-20-26(32(3,4)5)31(39)36-13-7-8-27(36)30(38)34-19-24-9-11-25(12-10-24)29-23(2)35-22-43-29/h1,9-12,22-23,26-27,29H,7-8,13-21H2,2-5H3,(H,33,37)(H,34,38)/t23?,26-,27+,29?/m1/s1. The number of carbonyl (C=O) groups is 3. The number of ether oxygens (including phenoxy) is 3. The Morgan fingerprint density at radius 3 is 2.44 bits per heavy atom. The maximum absolute atomic E-state index is 13.7. The fourth-order valence-corrected chi connectivity index (χ4v) is 6.05. The van der Waals surface area contributed by atoms with Gasteiger partial charge in [-0.1, -0.05) is 51.0 Å². The fraction of sp³-hybridized carbons (Fsp3) is 0.625. The van der Waals surface area contributed by atoms with Crippen LogP contribution in [0.25, 0.3) is 0 Å². The van der Waals surface area contributed by atoms with Gasteiger partial charge in [0.05, 0.1) is 49.2 Å². The van der Waals surface area contributed by atoms with Gasteiger partial charge in [-0.25, -0.2) is 0 Å². The number of likely N-dealkylation sites (tertiary alicyclic amines) is 1. The van der Waals surface area contributed by atoms with E-state index in [1.54, 1.807) is 16.7 Å². The average Bonchev–Trinajstić information content (AvgIpc) is 3.64. The lowest BCUT2D eigenvalue weighted by atomic mass is 9.79. The van der Waals surface area contributed by atoms with Gasteiger partial charge < -0.3 is 29.7 Å². The van der Waals surface area contributed by atoms with Gasteiger partial charge in [-0.05, 0) is 36.3 Å². The molecule has 43 heavy (non-hydrogen) atoms. The minimum atomic E-state index is -0.527. The Morgan fingerprint density at radius 1 is 1.09 bits per heavy atom. The molecule has 0 bridgehead atoms. The zero-order valence-electron chi connectivity index (χ0n) is 25.8. The molecule has 0 aromatic heterocycles. The van der Waals surface area contributed by atoms with Crippen LogP contribution in [0.3, 0.4) is 0 Å². The highest BCUT2D eigenvalue weighted by molar-refractivity contribution is 8.12. The molecule has 1 aromatic rings. The van der Waals surface area contributed by atoms with E-state index in [4.69, 9.17) is 20.6 Å². The number of rotatable bonds is 16. The van der Waals surface area contributed by atoms with Gasteiger partial charge in [-0.3, -0.25) is 19.4 Å². The van der Waals surface area contributed by atoms with Gasteiger partial charge in [0.2, 0.25) is 17.7 Å². The molecule has 0 radical (unpaired) electrons. The van der Waals surface area contributed by atoms with E-state index in [2.05, 4.69) is 40.6 Å². The van der Waals surface area contributed by atoms with Crippen LogP contribution in [0.5, 0.6) is 0 Å². The van der Waals surface area contributed by atoms with Crippen molar-refractivity contribution >= 4 is 35.0 Å². The Hall–Kier alpha value is -2.91. The second-order valence-corrected chi connectivity index (χ2v) is 12.8. The maximum Gasteiger partial charge on any atom is 0.246 e. The molecule has 3 amide bonds. The van der Waals surface area contributed by atoms with E-state index in [9.17, 15) is 14.4 Å². The van der Waals surface area contributed by atoms with Crippen LogP contribution in [0.4, 0.5) is 0 Å². The topological polar surface area (TPSA) is 119 Å². The molecular formula is C32H46N4O6S. The van der Waals surface area contributed by atoms with Gasteiger partial charge in [-0.2, -0.15) is 0 Å². The molecular weight excluding hydrogens is 568 g/mol. The number of benzene rings is 1. The normalized spacial score (nSPS) is 20.5. The molecule has 236 valence electrons. The van der Waals surface area contributed by atoms with Crippen LogP contribution in [-0.4, -0.2) is 93.0 Å². The van der Waals surface area contributed by atoms with Crippen LogP contribution < -0.4 is 10.6 Å². The van der Waals surface area contributed by atoms with E-state index in [0.29, 0.717) is 44.6 Å². The molecule has 10 nitrogen and oxygen atoms in total. The smallest absolute Gasteiger partial charge is 0.246 e. The highest BCUT2D eigenvalue weighted by atomic mass is 32.2. The number of nitrogens with zero attached hydrogens (tertiary/aromatic N) is 2. The van der Waals surface area contributed by atoms with E-state index >= 15 is 0 Å². The number of carbonyl (C=O) groups excluding carboxylic acids is 3. The van der Waals surface area contributed by atoms with E-state index in [0.717, 1.165) is 12.0 Å². The van der Waals surface area contributed by atoms with Crippen LogP contribution >= 0.6 is 11.8 Å². The Bertz CT molecular complexity index is 1130.